The van der Waals surface area contributed by atoms with Gasteiger partial charge in [0.1, 0.15) is 5.69 Å². The Labute approximate surface area is 98.0 Å². The van der Waals surface area contributed by atoms with Gasteiger partial charge in [0.05, 0.1) is 0 Å². The lowest BCUT2D eigenvalue weighted by Gasteiger charge is -2.12. The molecule has 1 atom stereocenters. The van der Waals surface area contributed by atoms with Crippen LogP contribution in [0.5, 0.6) is 0 Å². The lowest BCUT2D eigenvalue weighted by molar-refractivity contribution is 0.0927. The molecule has 4 heteroatoms. The van der Waals surface area contributed by atoms with Gasteiger partial charge in [0.15, 0.2) is 0 Å². The quantitative estimate of drug-likeness (QED) is 0.899. The van der Waals surface area contributed by atoms with E-state index in [1.54, 1.807) is 0 Å². The van der Waals surface area contributed by atoms with E-state index in [9.17, 15) is 4.79 Å². The summed E-state index contributed by atoms with van der Waals surface area (Å²) in [7, 11) is 1.88. The van der Waals surface area contributed by atoms with Gasteiger partial charge in [-0.15, -0.1) is 0 Å². The Morgan fingerprint density at radius 1 is 1.67 bits per heavy atom. The van der Waals surface area contributed by atoms with Crippen LogP contribution < -0.4 is 5.32 Å². The molecule has 1 saturated carbocycles. The van der Waals surface area contributed by atoms with E-state index in [-0.39, 0.29) is 5.91 Å². The summed E-state index contributed by atoms with van der Waals surface area (Å²) in [5.74, 6) is 0.709. The lowest BCUT2D eigenvalue weighted by Crippen LogP contribution is -2.34. The van der Waals surface area contributed by atoms with Crippen LogP contribution in [0.3, 0.4) is 0 Å². The van der Waals surface area contributed by atoms with Crippen LogP contribution in [-0.2, 0) is 7.05 Å². The molecule has 1 amide bonds. The van der Waals surface area contributed by atoms with Crippen LogP contribution in [0.1, 0.15) is 30.3 Å². The fraction of sp³-hybridized carbons (Fsp3) is 0.545. The molecule has 1 aromatic rings. The predicted molar refractivity (Wildman–Crippen MR) is 62.8 cm³/mol. The van der Waals surface area contributed by atoms with E-state index in [4.69, 9.17) is 0 Å². The second kappa shape index (κ2) is 4.00. The number of rotatable bonds is 3. The van der Waals surface area contributed by atoms with Crippen molar-refractivity contribution in [2.45, 2.75) is 25.8 Å². The molecule has 0 aromatic carbocycles. The summed E-state index contributed by atoms with van der Waals surface area (Å²) in [5.41, 5.74) is 0.703. The fourth-order valence-electron chi connectivity index (χ4n) is 1.74. The molecular weight excluding hydrogens is 256 g/mol. The van der Waals surface area contributed by atoms with E-state index in [1.165, 1.54) is 12.8 Å². The molecular formula is C11H15BrN2O. The van der Waals surface area contributed by atoms with Crippen molar-refractivity contribution in [3.63, 3.8) is 0 Å². The minimum absolute atomic E-state index is 0.0163. The molecule has 82 valence electrons. The molecule has 2 rings (SSSR count). The first kappa shape index (κ1) is 10.7. The number of carbonyl (C=O) groups is 1. The summed E-state index contributed by atoms with van der Waals surface area (Å²) in [6.45, 7) is 2.08. The highest BCUT2D eigenvalue weighted by atomic mass is 79.9. The van der Waals surface area contributed by atoms with Gasteiger partial charge in [-0.3, -0.25) is 4.79 Å². The summed E-state index contributed by atoms with van der Waals surface area (Å²) in [5, 5.41) is 3.03. The third-order valence-electron chi connectivity index (χ3n) is 2.89. The topological polar surface area (TPSA) is 34.0 Å². The van der Waals surface area contributed by atoms with Gasteiger partial charge in [0, 0.05) is 23.8 Å². The van der Waals surface area contributed by atoms with Gasteiger partial charge < -0.3 is 9.88 Å². The monoisotopic (exact) mass is 270 g/mol. The van der Waals surface area contributed by atoms with Gasteiger partial charge in [0.2, 0.25) is 0 Å². The van der Waals surface area contributed by atoms with E-state index < -0.39 is 0 Å². The first-order valence-electron chi connectivity index (χ1n) is 5.20. The average Bonchev–Trinajstić information content (AvgIpc) is 2.92. The predicted octanol–water partition coefficient (Wildman–Crippen LogP) is 2.32. The van der Waals surface area contributed by atoms with Crippen LogP contribution in [0.15, 0.2) is 16.7 Å². The minimum Gasteiger partial charge on any atom is -0.348 e. The molecule has 15 heavy (non-hydrogen) atoms. The van der Waals surface area contributed by atoms with Gasteiger partial charge in [-0.1, -0.05) is 0 Å². The maximum Gasteiger partial charge on any atom is 0.268 e. The van der Waals surface area contributed by atoms with Crippen molar-refractivity contribution in [3.05, 3.63) is 22.4 Å². The number of carbonyl (C=O) groups excluding carboxylic acids is 1. The molecule has 1 unspecified atom stereocenters. The van der Waals surface area contributed by atoms with Crippen molar-refractivity contribution in [2.24, 2.45) is 13.0 Å². The van der Waals surface area contributed by atoms with Crippen LogP contribution in [0, 0.1) is 5.92 Å². The molecule has 1 heterocycles. The smallest absolute Gasteiger partial charge is 0.268 e. The van der Waals surface area contributed by atoms with Crippen molar-refractivity contribution < 1.29 is 4.79 Å². The number of nitrogens with one attached hydrogen (secondary N) is 1. The zero-order valence-corrected chi connectivity index (χ0v) is 10.5. The lowest BCUT2D eigenvalue weighted by atomic mass is 10.2. The molecule has 1 aliphatic rings. The van der Waals surface area contributed by atoms with Crippen molar-refractivity contribution in [3.8, 4) is 0 Å². The highest BCUT2D eigenvalue weighted by Crippen LogP contribution is 2.32. The molecule has 1 aliphatic carbocycles. The Balaban J connectivity index is 2.03. The van der Waals surface area contributed by atoms with Gasteiger partial charge >= 0.3 is 0 Å². The molecule has 0 spiro atoms. The van der Waals surface area contributed by atoms with E-state index in [0.717, 1.165) is 4.47 Å². The maximum atomic E-state index is 11.9. The third-order valence-corrected chi connectivity index (χ3v) is 3.33. The minimum atomic E-state index is 0.0163. The van der Waals surface area contributed by atoms with Crippen LogP contribution in [0.2, 0.25) is 0 Å². The van der Waals surface area contributed by atoms with Crippen LogP contribution in [0.4, 0.5) is 0 Å². The van der Waals surface area contributed by atoms with Gasteiger partial charge in [-0.25, -0.2) is 0 Å². The summed E-state index contributed by atoms with van der Waals surface area (Å²) < 4.78 is 2.77. The molecule has 0 saturated heterocycles. The summed E-state index contributed by atoms with van der Waals surface area (Å²) in [4.78, 5) is 11.9. The van der Waals surface area contributed by atoms with Gasteiger partial charge in [-0.2, -0.15) is 0 Å². The largest absolute Gasteiger partial charge is 0.348 e. The molecule has 1 aromatic heterocycles. The van der Waals surface area contributed by atoms with Crippen molar-refractivity contribution in [1.29, 1.82) is 0 Å². The highest BCUT2D eigenvalue weighted by Gasteiger charge is 2.29. The zero-order chi connectivity index (χ0) is 11.0. The van der Waals surface area contributed by atoms with Crippen molar-refractivity contribution >= 4 is 21.8 Å². The van der Waals surface area contributed by atoms with Gasteiger partial charge in [-0.05, 0) is 47.7 Å². The molecule has 1 fully saturated rings. The third kappa shape index (κ3) is 2.43. The van der Waals surface area contributed by atoms with Gasteiger partial charge in [0.25, 0.3) is 5.91 Å². The molecule has 0 bridgehead atoms. The Morgan fingerprint density at radius 3 is 2.80 bits per heavy atom. The van der Waals surface area contributed by atoms with Crippen LogP contribution >= 0.6 is 15.9 Å². The molecule has 3 nitrogen and oxygen atoms in total. The Kier molecular flexibility index (Phi) is 2.87. The number of amides is 1. The van der Waals surface area contributed by atoms with E-state index in [1.807, 2.05) is 23.9 Å². The molecule has 1 N–H and O–H groups in total. The Morgan fingerprint density at radius 2 is 2.33 bits per heavy atom. The summed E-state index contributed by atoms with van der Waals surface area (Å²) in [6, 6.07) is 2.14. The summed E-state index contributed by atoms with van der Waals surface area (Å²) in [6.07, 6.45) is 4.38. The number of aromatic nitrogens is 1. The van der Waals surface area contributed by atoms with E-state index in [0.29, 0.717) is 17.7 Å². The van der Waals surface area contributed by atoms with E-state index >= 15 is 0 Å². The highest BCUT2D eigenvalue weighted by molar-refractivity contribution is 9.10. The van der Waals surface area contributed by atoms with Crippen LogP contribution in [-0.4, -0.2) is 16.5 Å². The number of hydrogen-bond acceptors (Lipinski definition) is 1. The fourth-order valence-corrected chi connectivity index (χ4v) is 2.27. The van der Waals surface area contributed by atoms with Crippen molar-refractivity contribution in [1.82, 2.24) is 9.88 Å². The first-order valence-corrected chi connectivity index (χ1v) is 6.00. The Bertz CT molecular complexity index is 382. The van der Waals surface area contributed by atoms with Crippen LogP contribution in [0.25, 0.3) is 0 Å². The maximum absolute atomic E-state index is 11.9. The number of aryl methyl sites for hydroxylation is 1. The van der Waals surface area contributed by atoms with Crippen molar-refractivity contribution in [2.75, 3.05) is 0 Å². The average molecular weight is 271 g/mol. The first-order chi connectivity index (χ1) is 7.08. The number of halogens is 1. The summed E-state index contributed by atoms with van der Waals surface area (Å²) >= 11 is 3.36. The second-order valence-electron chi connectivity index (χ2n) is 4.25. The molecule has 0 aliphatic heterocycles. The molecule has 0 radical (unpaired) electrons. The Hall–Kier alpha value is -0.770. The van der Waals surface area contributed by atoms with E-state index in [2.05, 4.69) is 28.2 Å². The zero-order valence-electron chi connectivity index (χ0n) is 8.96. The standard InChI is InChI=1S/C11H15BrN2O/c1-7(8-3-4-8)13-11(15)10-5-9(12)6-14(10)2/h5-8H,3-4H2,1-2H3,(H,13,15). The normalized spacial score (nSPS) is 17.5. The number of nitrogens with zero attached hydrogens (tertiary/aromatic N) is 1. The second-order valence-corrected chi connectivity index (χ2v) is 5.17. The SMILES string of the molecule is CC(NC(=O)c1cc(Br)cn1C)C1CC1. The number of hydrogen-bond donors (Lipinski definition) is 1.